The molecule has 0 bridgehead atoms. The lowest BCUT2D eigenvalue weighted by molar-refractivity contribution is -0.120. The minimum Gasteiger partial charge on any atom is -0.411 e. The SMILES string of the molecule is C[C@@H](Sc1nnc(-c2cccnc2)o1)C(=O)NCCC1=CCCCC1. The van der Waals surface area contributed by atoms with Gasteiger partial charge in [0.05, 0.1) is 10.8 Å². The molecule has 0 unspecified atom stereocenters. The van der Waals surface area contributed by atoms with Crippen LogP contribution < -0.4 is 5.32 Å². The number of rotatable bonds is 7. The molecule has 0 saturated carbocycles. The van der Waals surface area contributed by atoms with E-state index in [9.17, 15) is 4.79 Å². The van der Waals surface area contributed by atoms with E-state index < -0.39 is 0 Å². The number of nitrogens with one attached hydrogen (secondary N) is 1. The average Bonchev–Trinajstić information content (AvgIpc) is 3.12. The third-order valence-electron chi connectivity index (χ3n) is 4.09. The predicted molar refractivity (Wildman–Crippen MR) is 97.0 cm³/mol. The highest BCUT2D eigenvalue weighted by atomic mass is 32.2. The molecule has 25 heavy (non-hydrogen) atoms. The lowest BCUT2D eigenvalue weighted by Crippen LogP contribution is -2.31. The zero-order valence-corrected chi connectivity index (χ0v) is 15.1. The van der Waals surface area contributed by atoms with Crippen LogP contribution in [0.15, 0.2) is 45.8 Å². The zero-order chi connectivity index (χ0) is 17.5. The summed E-state index contributed by atoms with van der Waals surface area (Å²) >= 11 is 1.27. The van der Waals surface area contributed by atoms with E-state index in [-0.39, 0.29) is 11.2 Å². The maximum absolute atomic E-state index is 12.2. The molecule has 0 aromatic carbocycles. The van der Waals surface area contributed by atoms with Gasteiger partial charge in [0.2, 0.25) is 11.8 Å². The molecular formula is C18H22N4O2S. The molecule has 2 heterocycles. The fraction of sp³-hybridized carbons (Fsp3) is 0.444. The normalized spacial score (nSPS) is 15.5. The Morgan fingerprint density at radius 1 is 1.40 bits per heavy atom. The van der Waals surface area contributed by atoms with Crippen molar-refractivity contribution in [1.82, 2.24) is 20.5 Å². The van der Waals surface area contributed by atoms with Crippen molar-refractivity contribution < 1.29 is 9.21 Å². The Hall–Kier alpha value is -2.15. The molecule has 6 nitrogen and oxygen atoms in total. The van der Waals surface area contributed by atoms with Crippen molar-refractivity contribution in [3.05, 3.63) is 36.2 Å². The van der Waals surface area contributed by atoms with E-state index in [1.807, 2.05) is 19.1 Å². The van der Waals surface area contributed by atoms with Gasteiger partial charge in [-0.15, -0.1) is 10.2 Å². The molecule has 0 spiro atoms. The molecule has 3 rings (SSSR count). The molecule has 7 heteroatoms. The van der Waals surface area contributed by atoms with Crippen LogP contribution in [0.4, 0.5) is 0 Å². The van der Waals surface area contributed by atoms with E-state index in [1.165, 1.54) is 43.0 Å². The van der Waals surface area contributed by atoms with Gasteiger partial charge in [0, 0.05) is 18.9 Å². The van der Waals surface area contributed by atoms with Gasteiger partial charge in [-0.2, -0.15) is 0 Å². The van der Waals surface area contributed by atoms with Gasteiger partial charge in [-0.25, -0.2) is 0 Å². The molecule has 1 aliphatic carbocycles. The second-order valence-electron chi connectivity index (χ2n) is 6.02. The summed E-state index contributed by atoms with van der Waals surface area (Å²) in [5, 5.41) is 11.1. The van der Waals surface area contributed by atoms with Gasteiger partial charge in [0.1, 0.15) is 0 Å². The summed E-state index contributed by atoms with van der Waals surface area (Å²) in [4.78, 5) is 16.2. The maximum Gasteiger partial charge on any atom is 0.277 e. The Morgan fingerprint density at radius 3 is 3.08 bits per heavy atom. The number of nitrogens with zero attached hydrogens (tertiary/aromatic N) is 3. The summed E-state index contributed by atoms with van der Waals surface area (Å²) in [6.45, 7) is 2.52. The fourth-order valence-electron chi connectivity index (χ4n) is 2.69. The summed E-state index contributed by atoms with van der Waals surface area (Å²) in [5.74, 6) is 0.398. The number of hydrogen-bond acceptors (Lipinski definition) is 6. The van der Waals surface area contributed by atoms with Gasteiger partial charge in [-0.1, -0.05) is 23.4 Å². The Kier molecular flexibility index (Phi) is 6.22. The van der Waals surface area contributed by atoms with Gasteiger partial charge < -0.3 is 9.73 Å². The van der Waals surface area contributed by atoms with E-state index in [0.717, 1.165) is 12.0 Å². The number of aromatic nitrogens is 3. The lowest BCUT2D eigenvalue weighted by atomic mass is 9.97. The largest absolute Gasteiger partial charge is 0.411 e. The van der Waals surface area contributed by atoms with Gasteiger partial charge >= 0.3 is 0 Å². The van der Waals surface area contributed by atoms with Crippen LogP contribution in [0.25, 0.3) is 11.5 Å². The second kappa shape index (κ2) is 8.80. The van der Waals surface area contributed by atoms with Gasteiger partial charge in [0.25, 0.3) is 5.22 Å². The molecule has 132 valence electrons. The van der Waals surface area contributed by atoms with Crippen LogP contribution in [0.1, 0.15) is 39.0 Å². The fourth-order valence-corrected chi connectivity index (χ4v) is 3.40. The van der Waals surface area contributed by atoms with E-state index in [4.69, 9.17) is 4.42 Å². The Morgan fingerprint density at radius 2 is 2.32 bits per heavy atom. The highest BCUT2D eigenvalue weighted by Gasteiger charge is 2.18. The van der Waals surface area contributed by atoms with Crippen LogP contribution >= 0.6 is 11.8 Å². The minimum absolute atomic E-state index is 0.0115. The van der Waals surface area contributed by atoms with Crippen molar-refractivity contribution in [3.8, 4) is 11.5 Å². The first-order valence-corrected chi connectivity index (χ1v) is 9.46. The number of amides is 1. The Balaban J connectivity index is 1.46. The third kappa shape index (κ3) is 5.16. The van der Waals surface area contributed by atoms with Crippen molar-refractivity contribution in [1.29, 1.82) is 0 Å². The van der Waals surface area contributed by atoms with Gasteiger partial charge in [-0.3, -0.25) is 9.78 Å². The molecule has 0 radical (unpaired) electrons. The molecule has 1 atom stereocenters. The topological polar surface area (TPSA) is 80.9 Å². The molecule has 1 amide bonds. The van der Waals surface area contributed by atoms with Crippen LogP contribution in [0.3, 0.4) is 0 Å². The van der Waals surface area contributed by atoms with Crippen molar-refractivity contribution in [2.45, 2.75) is 49.5 Å². The first kappa shape index (κ1) is 17.7. The zero-order valence-electron chi connectivity index (χ0n) is 14.3. The number of pyridine rings is 1. The van der Waals surface area contributed by atoms with Crippen molar-refractivity contribution in [2.75, 3.05) is 6.54 Å². The highest BCUT2D eigenvalue weighted by molar-refractivity contribution is 8.00. The van der Waals surface area contributed by atoms with Crippen molar-refractivity contribution in [3.63, 3.8) is 0 Å². The number of carbonyl (C=O) groups excluding carboxylic acids is 1. The van der Waals surface area contributed by atoms with E-state index in [2.05, 4.69) is 26.6 Å². The van der Waals surface area contributed by atoms with Crippen molar-refractivity contribution in [2.24, 2.45) is 0 Å². The molecule has 1 aliphatic rings. The number of hydrogen-bond donors (Lipinski definition) is 1. The number of allylic oxidation sites excluding steroid dienone is 1. The summed E-state index contributed by atoms with van der Waals surface area (Å²) < 4.78 is 5.60. The maximum atomic E-state index is 12.2. The number of thioether (sulfide) groups is 1. The minimum atomic E-state index is -0.289. The average molecular weight is 358 g/mol. The van der Waals surface area contributed by atoms with Crippen LogP contribution in [-0.4, -0.2) is 32.9 Å². The summed E-state index contributed by atoms with van der Waals surface area (Å²) in [6.07, 6.45) is 11.5. The molecule has 0 fully saturated rings. The van der Waals surface area contributed by atoms with Crippen LogP contribution in [0.2, 0.25) is 0 Å². The standard InChI is InChI=1S/C18H22N4O2S/c1-13(16(23)20-11-9-14-6-3-2-4-7-14)25-18-22-21-17(24-18)15-8-5-10-19-12-15/h5-6,8,10,12-13H,2-4,7,9,11H2,1H3,(H,20,23)/t13-/m1/s1. The first-order valence-electron chi connectivity index (χ1n) is 8.58. The molecule has 0 saturated heterocycles. The highest BCUT2D eigenvalue weighted by Crippen LogP contribution is 2.26. The summed E-state index contributed by atoms with van der Waals surface area (Å²) in [5.41, 5.74) is 2.23. The van der Waals surface area contributed by atoms with Crippen LogP contribution in [-0.2, 0) is 4.79 Å². The van der Waals surface area contributed by atoms with Gasteiger partial charge in [-0.05, 0) is 51.2 Å². The van der Waals surface area contributed by atoms with E-state index in [0.29, 0.717) is 17.7 Å². The summed E-state index contributed by atoms with van der Waals surface area (Å²) in [7, 11) is 0. The first-order chi connectivity index (χ1) is 12.2. The Bertz CT molecular complexity index is 730. The predicted octanol–water partition coefficient (Wildman–Crippen LogP) is 3.62. The van der Waals surface area contributed by atoms with E-state index in [1.54, 1.807) is 12.4 Å². The van der Waals surface area contributed by atoms with Gasteiger partial charge in [0.15, 0.2) is 0 Å². The Labute approximate surface area is 151 Å². The molecule has 0 aliphatic heterocycles. The van der Waals surface area contributed by atoms with Crippen LogP contribution in [0.5, 0.6) is 0 Å². The smallest absolute Gasteiger partial charge is 0.277 e. The van der Waals surface area contributed by atoms with Crippen LogP contribution in [0, 0.1) is 0 Å². The quantitative estimate of drug-likeness (QED) is 0.601. The molecular weight excluding hydrogens is 336 g/mol. The van der Waals surface area contributed by atoms with E-state index >= 15 is 0 Å². The molecule has 2 aromatic heterocycles. The summed E-state index contributed by atoms with van der Waals surface area (Å²) in [6, 6.07) is 3.66. The third-order valence-corrected chi connectivity index (χ3v) is 5.03. The number of carbonyl (C=O) groups is 1. The lowest BCUT2D eigenvalue weighted by Gasteiger charge is -2.14. The molecule has 2 aromatic rings. The monoisotopic (exact) mass is 358 g/mol. The second-order valence-corrected chi connectivity index (χ2v) is 7.32. The van der Waals surface area contributed by atoms with Crippen molar-refractivity contribution >= 4 is 17.7 Å². The molecule has 1 N–H and O–H groups in total.